The predicted molar refractivity (Wildman–Crippen MR) is 67.9 cm³/mol. The number of aryl methyl sites for hydroxylation is 1. The zero-order valence-corrected chi connectivity index (χ0v) is 10.0. The minimum Gasteiger partial charge on any atom is -0.350 e. The summed E-state index contributed by atoms with van der Waals surface area (Å²) >= 11 is 1.56. The third-order valence-electron chi connectivity index (χ3n) is 2.35. The maximum atomic E-state index is 8.68. The summed E-state index contributed by atoms with van der Waals surface area (Å²) in [6, 6.07) is 11.7. The van der Waals surface area contributed by atoms with Crippen LogP contribution in [0.2, 0.25) is 0 Å². The van der Waals surface area contributed by atoms with E-state index < -0.39 is 0 Å². The van der Waals surface area contributed by atoms with Gasteiger partial charge in [-0.1, -0.05) is 0 Å². The van der Waals surface area contributed by atoms with Crippen molar-refractivity contribution in [2.75, 3.05) is 0 Å². The maximum absolute atomic E-state index is 8.68. The first kappa shape index (κ1) is 11.2. The van der Waals surface area contributed by atoms with E-state index in [1.54, 1.807) is 17.4 Å². The molecule has 0 spiro atoms. The van der Waals surface area contributed by atoms with Gasteiger partial charge in [0.05, 0.1) is 10.6 Å². The summed E-state index contributed by atoms with van der Waals surface area (Å²) in [5, 5.41) is 17.4. The van der Waals surface area contributed by atoms with Crippen LogP contribution >= 0.6 is 11.3 Å². The lowest BCUT2D eigenvalue weighted by atomic mass is 10.2. The largest absolute Gasteiger partial charge is 0.350 e. The normalized spacial score (nSPS) is 9.35. The molecule has 0 aliphatic rings. The van der Waals surface area contributed by atoms with Crippen LogP contribution in [0.1, 0.15) is 4.88 Å². The van der Waals surface area contributed by atoms with Gasteiger partial charge in [0.25, 0.3) is 0 Å². The van der Waals surface area contributed by atoms with Crippen LogP contribution in [0.4, 0.5) is 0 Å². The molecule has 82 valence electrons. The first-order valence-electron chi connectivity index (χ1n) is 4.98. The Kier molecular flexibility index (Phi) is 3.09. The first-order valence-corrected chi connectivity index (χ1v) is 5.79. The first-order chi connectivity index (χ1) is 8.24. The molecule has 0 fully saturated rings. The van der Waals surface area contributed by atoms with Gasteiger partial charge in [-0.3, -0.25) is 0 Å². The summed E-state index contributed by atoms with van der Waals surface area (Å²) in [6.07, 6.45) is 3.59. The lowest BCUT2D eigenvalue weighted by Gasteiger charge is -1.98. The minimum absolute atomic E-state index is 0.130. The van der Waals surface area contributed by atoms with Gasteiger partial charge in [-0.15, -0.1) is 11.3 Å². The minimum atomic E-state index is 0.130. The van der Waals surface area contributed by atoms with E-state index in [1.807, 2.05) is 54.2 Å². The molecule has 17 heavy (non-hydrogen) atoms. The lowest BCUT2D eigenvalue weighted by Crippen LogP contribution is -1.85. The van der Waals surface area contributed by atoms with Crippen LogP contribution in [0.25, 0.3) is 16.6 Å². The number of aromatic nitrogens is 1. The van der Waals surface area contributed by atoms with E-state index in [-0.39, 0.29) is 5.57 Å². The van der Waals surface area contributed by atoms with Gasteiger partial charge in [-0.25, -0.2) is 0 Å². The third-order valence-corrected chi connectivity index (χ3v) is 3.41. The molecule has 4 heteroatoms. The van der Waals surface area contributed by atoms with Crippen LogP contribution in [0.15, 0.2) is 36.0 Å². The van der Waals surface area contributed by atoms with Crippen molar-refractivity contribution in [3.8, 4) is 22.7 Å². The second kappa shape index (κ2) is 4.69. The van der Waals surface area contributed by atoms with E-state index in [2.05, 4.69) is 0 Å². The van der Waals surface area contributed by atoms with Gasteiger partial charge >= 0.3 is 0 Å². The van der Waals surface area contributed by atoms with E-state index in [0.717, 1.165) is 15.4 Å². The number of hydrogen-bond acceptors (Lipinski definition) is 3. The molecule has 0 amide bonds. The van der Waals surface area contributed by atoms with Crippen molar-refractivity contribution in [2.45, 2.75) is 0 Å². The molecule has 0 unspecified atom stereocenters. The number of thiophene rings is 1. The van der Waals surface area contributed by atoms with E-state index in [9.17, 15) is 0 Å². The number of rotatable bonds is 2. The number of nitriles is 2. The lowest BCUT2D eigenvalue weighted by molar-refractivity contribution is 0.940. The molecule has 3 nitrogen and oxygen atoms in total. The van der Waals surface area contributed by atoms with Gasteiger partial charge in [0.15, 0.2) is 0 Å². The Balaban J connectivity index is 2.36. The molecule has 0 atom stereocenters. The van der Waals surface area contributed by atoms with Gasteiger partial charge in [-0.05, 0) is 30.3 Å². The summed E-state index contributed by atoms with van der Waals surface area (Å²) in [5.41, 5.74) is 1.26. The van der Waals surface area contributed by atoms with E-state index in [0.29, 0.717) is 0 Å². The van der Waals surface area contributed by atoms with Crippen molar-refractivity contribution in [3.05, 3.63) is 40.9 Å². The molecule has 0 aliphatic carbocycles. The van der Waals surface area contributed by atoms with Crippen LogP contribution in [0, 0.1) is 22.7 Å². The SMILES string of the molecule is Cn1cccc1-c1ccc(C=C(C#N)C#N)s1. The number of allylic oxidation sites excluding steroid dienone is 1. The predicted octanol–water partition coefficient (Wildman–Crippen LogP) is 3.18. The standard InChI is InChI=1S/C13H9N3S/c1-16-6-2-3-12(16)13-5-4-11(17-13)7-10(8-14)9-15/h2-7H,1H3. The second-order valence-corrected chi connectivity index (χ2v) is 4.60. The summed E-state index contributed by atoms with van der Waals surface area (Å²) < 4.78 is 2.04. The monoisotopic (exact) mass is 239 g/mol. The van der Waals surface area contributed by atoms with Gasteiger partial charge in [0.1, 0.15) is 17.7 Å². The molecule has 2 aromatic heterocycles. The van der Waals surface area contributed by atoms with Crippen molar-refractivity contribution in [2.24, 2.45) is 7.05 Å². The fraction of sp³-hybridized carbons (Fsp3) is 0.0769. The van der Waals surface area contributed by atoms with Crippen molar-refractivity contribution < 1.29 is 0 Å². The molecule has 2 heterocycles. The molecule has 0 saturated carbocycles. The number of hydrogen-bond donors (Lipinski definition) is 0. The van der Waals surface area contributed by atoms with Crippen molar-refractivity contribution >= 4 is 17.4 Å². The quantitative estimate of drug-likeness (QED) is 0.756. The average molecular weight is 239 g/mol. The van der Waals surface area contributed by atoms with Gasteiger partial charge in [0.2, 0.25) is 0 Å². The van der Waals surface area contributed by atoms with E-state index >= 15 is 0 Å². The Bertz CT molecular complexity index is 631. The highest BCUT2D eigenvalue weighted by Gasteiger charge is 2.04. The molecular formula is C13H9N3S. The maximum Gasteiger partial charge on any atom is 0.131 e. The zero-order valence-electron chi connectivity index (χ0n) is 9.21. The molecule has 0 N–H and O–H groups in total. The molecule has 0 aromatic carbocycles. The smallest absolute Gasteiger partial charge is 0.131 e. The highest BCUT2D eigenvalue weighted by molar-refractivity contribution is 7.16. The zero-order chi connectivity index (χ0) is 12.3. The average Bonchev–Trinajstić information content (AvgIpc) is 2.94. The van der Waals surface area contributed by atoms with Crippen LogP contribution in [0.5, 0.6) is 0 Å². The molecule has 2 rings (SSSR count). The van der Waals surface area contributed by atoms with E-state index in [1.165, 1.54) is 0 Å². The van der Waals surface area contributed by atoms with Crippen LogP contribution < -0.4 is 0 Å². The third kappa shape index (κ3) is 2.28. The Labute approximate surface area is 103 Å². The molecule has 0 saturated heterocycles. The number of nitrogens with zero attached hydrogens (tertiary/aromatic N) is 3. The van der Waals surface area contributed by atoms with Gasteiger partial charge in [-0.2, -0.15) is 10.5 Å². The fourth-order valence-electron chi connectivity index (χ4n) is 1.52. The fourth-order valence-corrected chi connectivity index (χ4v) is 2.54. The summed E-state index contributed by atoms with van der Waals surface area (Å²) in [4.78, 5) is 2.04. The Morgan fingerprint density at radius 1 is 1.29 bits per heavy atom. The van der Waals surface area contributed by atoms with Crippen LogP contribution in [0.3, 0.4) is 0 Å². The summed E-state index contributed by atoms with van der Waals surface area (Å²) in [5.74, 6) is 0. The topological polar surface area (TPSA) is 52.5 Å². The highest BCUT2D eigenvalue weighted by Crippen LogP contribution is 2.29. The van der Waals surface area contributed by atoms with Crippen molar-refractivity contribution in [1.29, 1.82) is 10.5 Å². The van der Waals surface area contributed by atoms with Gasteiger partial charge < -0.3 is 4.57 Å². The summed E-state index contributed by atoms with van der Waals surface area (Å²) in [7, 11) is 1.99. The van der Waals surface area contributed by atoms with Crippen molar-refractivity contribution in [1.82, 2.24) is 4.57 Å². The Morgan fingerprint density at radius 2 is 2.06 bits per heavy atom. The van der Waals surface area contributed by atoms with Crippen molar-refractivity contribution in [3.63, 3.8) is 0 Å². The second-order valence-electron chi connectivity index (χ2n) is 3.49. The molecule has 0 aliphatic heterocycles. The Morgan fingerprint density at radius 3 is 2.65 bits per heavy atom. The molecule has 0 radical (unpaired) electrons. The van der Waals surface area contributed by atoms with Crippen LogP contribution in [-0.4, -0.2) is 4.57 Å². The van der Waals surface area contributed by atoms with Gasteiger partial charge in [0, 0.05) is 18.1 Å². The molecular weight excluding hydrogens is 230 g/mol. The van der Waals surface area contributed by atoms with Crippen LogP contribution in [-0.2, 0) is 7.05 Å². The van der Waals surface area contributed by atoms with E-state index in [4.69, 9.17) is 10.5 Å². The highest BCUT2D eigenvalue weighted by atomic mass is 32.1. The summed E-state index contributed by atoms with van der Waals surface area (Å²) in [6.45, 7) is 0. The molecule has 2 aromatic rings. The Hall–Kier alpha value is -2.30. The molecule has 0 bridgehead atoms.